The van der Waals surface area contributed by atoms with Crippen LogP contribution in [0.1, 0.15) is 97.8 Å². The molecule has 4 atom stereocenters. The number of nitrogens with zero attached hydrogens (tertiary/aromatic N) is 1. The van der Waals surface area contributed by atoms with E-state index in [-0.39, 0.29) is 44.0 Å². The zero-order valence-corrected chi connectivity index (χ0v) is 23.4. The van der Waals surface area contributed by atoms with Crippen molar-refractivity contribution < 1.29 is 21.7 Å². The van der Waals surface area contributed by atoms with Gasteiger partial charge < -0.3 is 27.3 Å². The Balaban J connectivity index is -0.00000156. The number of hydrogen-bond acceptors (Lipinski definition) is 0. The molecule has 0 aromatic heterocycles. The maximum atomic E-state index is 5.64. The Kier molecular flexibility index (Phi) is 19.8. The molecule has 2 saturated carbocycles. The Morgan fingerprint density at radius 2 is 1.04 bits per heavy atom. The van der Waals surface area contributed by atoms with E-state index in [0.717, 1.165) is 23.3 Å². The normalized spacial score (nSPS) is 30.3. The smallest absolute Gasteiger partial charge is 0.662 e. The van der Waals surface area contributed by atoms with Crippen LogP contribution in [0.2, 0.25) is 18.6 Å². The van der Waals surface area contributed by atoms with Gasteiger partial charge in [0.2, 0.25) is 0 Å². The zero-order valence-electron chi connectivity index (χ0n) is 20.8. The standard InChI is InChI=1S/C22H44NSi.3CH3.Ti/c1-18-17-22(20(3)19(18)2)24(4,5)23-21-15-13-11-9-7-6-8-10-12-14-16-21;;;;/h18-22H,6-17H2,1-5H3;3*1H3;/q4*-1;+4. The van der Waals surface area contributed by atoms with Gasteiger partial charge in [0.25, 0.3) is 0 Å². The van der Waals surface area contributed by atoms with Crippen molar-refractivity contribution in [1.29, 1.82) is 0 Å². The third kappa shape index (κ3) is 10.3. The Hall–Kier alpha value is 0.891. The van der Waals surface area contributed by atoms with Gasteiger partial charge in [0.05, 0.1) is 0 Å². The minimum Gasteiger partial charge on any atom is -0.662 e. The molecule has 0 aromatic rings. The number of rotatable bonds is 3. The van der Waals surface area contributed by atoms with E-state index in [4.69, 9.17) is 4.98 Å². The van der Waals surface area contributed by atoms with E-state index in [0.29, 0.717) is 6.04 Å². The van der Waals surface area contributed by atoms with Crippen LogP contribution in [0.25, 0.3) is 4.98 Å². The summed E-state index contributed by atoms with van der Waals surface area (Å²) in [5.41, 5.74) is 0.920. The SMILES string of the molecule is CC1CC([Si](C)(C)[N-]C2CCCCCCCCCCC2)C(C)C1C.[CH3-].[CH3-].[CH3-].[Ti+4]. The van der Waals surface area contributed by atoms with Crippen LogP contribution in [0.15, 0.2) is 0 Å². The van der Waals surface area contributed by atoms with E-state index in [2.05, 4.69) is 33.9 Å². The molecule has 0 saturated heterocycles. The molecule has 0 bridgehead atoms. The molecule has 0 N–H and O–H groups in total. The molecule has 2 aliphatic carbocycles. The van der Waals surface area contributed by atoms with E-state index >= 15 is 0 Å². The molecule has 0 spiro atoms. The van der Waals surface area contributed by atoms with Crippen LogP contribution in [0.5, 0.6) is 0 Å². The van der Waals surface area contributed by atoms with Crippen molar-refractivity contribution in [2.75, 3.05) is 0 Å². The van der Waals surface area contributed by atoms with Crippen molar-refractivity contribution in [3.05, 3.63) is 27.3 Å². The fourth-order valence-electron chi connectivity index (χ4n) is 5.48. The van der Waals surface area contributed by atoms with Crippen LogP contribution in [0.3, 0.4) is 0 Å². The van der Waals surface area contributed by atoms with E-state index in [1.807, 2.05) is 0 Å². The van der Waals surface area contributed by atoms with Crippen molar-refractivity contribution in [2.24, 2.45) is 17.8 Å². The monoisotopic (exact) mass is 443 g/mol. The van der Waals surface area contributed by atoms with Crippen molar-refractivity contribution in [3.8, 4) is 0 Å². The zero-order chi connectivity index (χ0) is 17.6. The topological polar surface area (TPSA) is 14.1 Å². The van der Waals surface area contributed by atoms with E-state index < -0.39 is 8.24 Å². The molecule has 28 heavy (non-hydrogen) atoms. The predicted octanol–water partition coefficient (Wildman–Crippen LogP) is 9.27. The molecule has 0 amide bonds. The van der Waals surface area contributed by atoms with Crippen LogP contribution in [0, 0.1) is 40.0 Å². The summed E-state index contributed by atoms with van der Waals surface area (Å²) in [6.45, 7) is 12.6. The molecule has 0 aromatic carbocycles. The van der Waals surface area contributed by atoms with Crippen molar-refractivity contribution in [2.45, 2.75) is 122 Å². The summed E-state index contributed by atoms with van der Waals surface area (Å²) >= 11 is 0. The second kappa shape index (κ2) is 16.6. The van der Waals surface area contributed by atoms with Crippen LogP contribution in [-0.4, -0.2) is 14.3 Å². The predicted molar refractivity (Wildman–Crippen MR) is 131 cm³/mol. The molecular formula is C25H53NSiTi. The minimum absolute atomic E-state index is 0. The fourth-order valence-corrected chi connectivity index (χ4v) is 9.41. The van der Waals surface area contributed by atoms with Gasteiger partial charge in [0.1, 0.15) is 0 Å². The Morgan fingerprint density at radius 3 is 1.39 bits per heavy atom. The van der Waals surface area contributed by atoms with Crippen LogP contribution in [0.4, 0.5) is 0 Å². The van der Waals surface area contributed by atoms with Gasteiger partial charge in [-0.05, 0) is 17.8 Å². The van der Waals surface area contributed by atoms with Gasteiger partial charge in [0, 0.05) is 0 Å². The molecule has 4 unspecified atom stereocenters. The molecule has 0 aliphatic heterocycles. The van der Waals surface area contributed by atoms with Gasteiger partial charge in [0.15, 0.2) is 0 Å². The molecule has 0 radical (unpaired) electrons. The fraction of sp³-hybridized carbons (Fsp3) is 0.880. The van der Waals surface area contributed by atoms with Gasteiger partial charge in [-0.2, -0.15) is 0 Å². The average molecular weight is 444 g/mol. The van der Waals surface area contributed by atoms with Gasteiger partial charge in [-0.1, -0.05) is 125 Å². The van der Waals surface area contributed by atoms with Crippen molar-refractivity contribution in [3.63, 3.8) is 0 Å². The van der Waals surface area contributed by atoms with E-state index in [9.17, 15) is 0 Å². The molecule has 2 fully saturated rings. The summed E-state index contributed by atoms with van der Waals surface area (Å²) < 4.78 is 0. The van der Waals surface area contributed by atoms with Crippen LogP contribution < -0.4 is 0 Å². The summed E-state index contributed by atoms with van der Waals surface area (Å²) in [7, 11) is -1.47. The first-order valence-corrected chi connectivity index (χ1v) is 14.2. The summed E-state index contributed by atoms with van der Waals surface area (Å²) in [6.07, 6.45) is 17.3. The summed E-state index contributed by atoms with van der Waals surface area (Å²) in [5.74, 6) is 2.69. The van der Waals surface area contributed by atoms with Gasteiger partial charge in [-0.25, -0.2) is 0 Å². The van der Waals surface area contributed by atoms with Gasteiger partial charge >= 0.3 is 21.7 Å². The Morgan fingerprint density at radius 1 is 0.643 bits per heavy atom. The summed E-state index contributed by atoms with van der Waals surface area (Å²) in [6, 6.07) is 0.685. The van der Waals surface area contributed by atoms with E-state index in [1.165, 1.54) is 77.0 Å². The molecule has 1 nitrogen and oxygen atoms in total. The van der Waals surface area contributed by atoms with Crippen molar-refractivity contribution >= 4 is 8.24 Å². The first-order chi connectivity index (χ1) is 11.4. The molecule has 0 heterocycles. The molecular weight excluding hydrogens is 390 g/mol. The van der Waals surface area contributed by atoms with Crippen molar-refractivity contribution in [1.82, 2.24) is 0 Å². The van der Waals surface area contributed by atoms with Gasteiger partial charge in [-0.3, -0.25) is 0 Å². The van der Waals surface area contributed by atoms with Gasteiger partial charge in [-0.15, -0.1) is 6.04 Å². The molecule has 2 rings (SSSR count). The molecule has 2 aliphatic rings. The number of hydrogen-bond donors (Lipinski definition) is 0. The van der Waals surface area contributed by atoms with Crippen LogP contribution >= 0.6 is 0 Å². The summed E-state index contributed by atoms with van der Waals surface area (Å²) in [4.78, 5) is 5.64. The third-order valence-corrected chi connectivity index (χ3v) is 11.1. The van der Waals surface area contributed by atoms with E-state index in [1.54, 1.807) is 0 Å². The Labute approximate surface area is 197 Å². The maximum absolute atomic E-state index is 5.64. The first-order valence-electron chi connectivity index (χ1n) is 11.1. The van der Waals surface area contributed by atoms with Crippen LogP contribution in [-0.2, 0) is 21.7 Å². The second-order valence-corrected chi connectivity index (χ2v) is 14.0. The molecule has 3 heteroatoms. The Bertz CT molecular complexity index is 348. The largest absolute Gasteiger partial charge is 4.00 e. The molecule has 166 valence electrons. The first kappa shape index (κ1) is 33.5. The average Bonchev–Trinajstić information content (AvgIpc) is 2.78. The minimum atomic E-state index is -1.47. The maximum Gasteiger partial charge on any atom is 4.00 e. The summed E-state index contributed by atoms with van der Waals surface area (Å²) in [5, 5.41) is 0. The quantitative estimate of drug-likeness (QED) is 0.305. The third-order valence-electron chi connectivity index (χ3n) is 7.48. The second-order valence-electron chi connectivity index (χ2n) is 9.73.